The first-order valence-electron chi connectivity index (χ1n) is 11.7. The summed E-state index contributed by atoms with van der Waals surface area (Å²) in [7, 11) is 0. The molecule has 0 radical (unpaired) electrons. The molecule has 0 aliphatic carbocycles. The largest absolute Gasteiger partial charge is 0.324 e. The normalized spacial score (nSPS) is 23.8. The number of hydrazone groups is 1. The fourth-order valence-corrected chi connectivity index (χ4v) is 5.51. The predicted octanol–water partition coefficient (Wildman–Crippen LogP) is 3.41. The number of Topliss-reactive ketones (excluding diaryl/α,β-unsaturated/α-hetero) is 1. The zero-order chi connectivity index (χ0) is 25.0. The van der Waals surface area contributed by atoms with E-state index in [4.69, 9.17) is 0 Å². The zero-order valence-electron chi connectivity index (χ0n) is 19.4. The van der Waals surface area contributed by atoms with Crippen molar-refractivity contribution in [3.63, 3.8) is 0 Å². The lowest BCUT2D eigenvalue weighted by atomic mass is 9.85. The van der Waals surface area contributed by atoms with Gasteiger partial charge >= 0.3 is 0 Å². The highest BCUT2D eigenvalue weighted by Gasteiger charge is 2.65. The monoisotopic (exact) mass is 478 g/mol. The second-order valence-corrected chi connectivity index (χ2v) is 9.16. The first-order valence-corrected chi connectivity index (χ1v) is 11.7. The Morgan fingerprint density at radius 2 is 1.50 bits per heavy atom. The van der Waals surface area contributed by atoms with E-state index in [1.165, 1.54) is 6.92 Å². The van der Waals surface area contributed by atoms with Crippen molar-refractivity contribution in [2.45, 2.75) is 19.0 Å². The first-order chi connectivity index (χ1) is 17.5. The van der Waals surface area contributed by atoms with Gasteiger partial charge in [-0.1, -0.05) is 42.5 Å². The Hall–Kier alpha value is -4.59. The molecule has 2 fully saturated rings. The number of nitrogens with one attached hydrogen (secondary N) is 1. The van der Waals surface area contributed by atoms with E-state index in [0.717, 1.165) is 16.0 Å². The fourth-order valence-electron chi connectivity index (χ4n) is 5.51. The van der Waals surface area contributed by atoms with Crippen LogP contribution in [-0.2, 0) is 14.4 Å². The van der Waals surface area contributed by atoms with Gasteiger partial charge in [-0.2, -0.15) is 5.10 Å². The lowest BCUT2D eigenvalue weighted by Crippen LogP contribution is -2.46. The molecule has 1 N–H and O–H groups in total. The maximum absolute atomic E-state index is 13.8. The van der Waals surface area contributed by atoms with Gasteiger partial charge in [-0.15, -0.1) is 0 Å². The number of imide groups is 1. The number of carbonyl (C=O) groups excluding carboxylic acids is 4. The Morgan fingerprint density at radius 3 is 2.22 bits per heavy atom. The topological polar surface area (TPSA) is 99.2 Å². The van der Waals surface area contributed by atoms with Crippen LogP contribution in [-0.4, -0.2) is 40.8 Å². The van der Waals surface area contributed by atoms with Gasteiger partial charge in [0.15, 0.2) is 5.78 Å². The van der Waals surface area contributed by atoms with Crippen LogP contribution in [0.25, 0.3) is 0 Å². The lowest BCUT2D eigenvalue weighted by molar-refractivity contribution is -0.129. The Morgan fingerprint density at radius 1 is 0.833 bits per heavy atom. The van der Waals surface area contributed by atoms with Gasteiger partial charge in [-0.05, 0) is 54.4 Å². The molecule has 8 nitrogen and oxygen atoms in total. The summed E-state index contributed by atoms with van der Waals surface area (Å²) in [5.74, 6) is -3.03. The number of nitrogens with zero attached hydrogens (tertiary/aromatic N) is 3. The van der Waals surface area contributed by atoms with Crippen LogP contribution in [0.2, 0.25) is 0 Å². The quantitative estimate of drug-likeness (QED) is 0.458. The molecular formula is C28H22N4O4. The number of benzene rings is 3. The molecule has 3 amide bonds. The Labute approximate surface area is 207 Å². The van der Waals surface area contributed by atoms with Crippen LogP contribution in [0.1, 0.15) is 34.5 Å². The van der Waals surface area contributed by atoms with E-state index in [1.807, 2.05) is 42.5 Å². The van der Waals surface area contributed by atoms with E-state index in [-0.39, 0.29) is 11.7 Å². The summed E-state index contributed by atoms with van der Waals surface area (Å²) in [6, 6.07) is 21.4. The van der Waals surface area contributed by atoms with Crippen molar-refractivity contribution in [1.82, 2.24) is 5.01 Å². The summed E-state index contributed by atoms with van der Waals surface area (Å²) >= 11 is 0. The highest BCUT2D eigenvalue weighted by Crippen LogP contribution is 2.52. The number of para-hydroxylation sites is 1. The predicted molar refractivity (Wildman–Crippen MR) is 133 cm³/mol. The highest BCUT2D eigenvalue weighted by molar-refractivity contribution is 6.24. The van der Waals surface area contributed by atoms with Gasteiger partial charge < -0.3 is 5.32 Å². The molecule has 0 spiro atoms. The molecule has 0 unspecified atom stereocenters. The molecule has 3 aliphatic heterocycles. The molecule has 3 aromatic carbocycles. The molecule has 6 rings (SSSR count). The van der Waals surface area contributed by atoms with Crippen LogP contribution in [0.15, 0.2) is 84.0 Å². The number of amides is 3. The SMILES string of the molecule is CC(=O)c1ccc(N2C(=O)[C@@H]3[C@@H](C2=O)[C@@H]2c4ccccc4C=NN2[C@@H]3C(=O)Nc2ccccc2)cc1. The van der Waals surface area contributed by atoms with Gasteiger partial charge in [-0.25, -0.2) is 4.90 Å². The molecule has 178 valence electrons. The van der Waals surface area contributed by atoms with Crippen LogP contribution in [0.4, 0.5) is 11.4 Å². The molecule has 3 heterocycles. The van der Waals surface area contributed by atoms with Gasteiger partial charge in [0.1, 0.15) is 6.04 Å². The van der Waals surface area contributed by atoms with Crippen molar-refractivity contribution in [2.24, 2.45) is 16.9 Å². The second kappa shape index (κ2) is 8.27. The van der Waals surface area contributed by atoms with Crippen molar-refractivity contribution >= 4 is 41.1 Å². The smallest absolute Gasteiger partial charge is 0.249 e. The molecule has 0 aromatic heterocycles. The van der Waals surface area contributed by atoms with E-state index in [1.54, 1.807) is 47.6 Å². The molecule has 3 aromatic rings. The van der Waals surface area contributed by atoms with Gasteiger partial charge in [0.2, 0.25) is 17.7 Å². The van der Waals surface area contributed by atoms with Crippen LogP contribution < -0.4 is 10.2 Å². The van der Waals surface area contributed by atoms with Gasteiger partial charge in [0, 0.05) is 11.3 Å². The molecule has 0 saturated carbocycles. The standard InChI is InChI=1S/C28H22N4O4/c1-16(33)17-11-13-20(14-12-17)31-27(35)22-23(28(31)36)25(26(34)30-19-8-3-2-4-9-19)32-24(22)21-10-6-5-7-18(21)15-29-32/h2-15,22-25H,1H3,(H,30,34)/t22-,23-,24+,25+/m1/s1. The van der Waals surface area contributed by atoms with Crippen molar-refractivity contribution in [2.75, 3.05) is 10.2 Å². The molecule has 36 heavy (non-hydrogen) atoms. The van der Waals surface area contributed by atoms with E-state index in [2.05, 4.69) is 10.4 Å². The van der Waals surface area contributed by atoms with Gasteiger partial charge in [0.25, 0.3) is 0 Å². The van der Waals surface area contributed by atoms with E-state index >= 15 is 0 Å². The van der Waals surface area contributed by atoms with Gasteiger partial charge in [-0.3, -0.25) is 24.2 Å². The number of carbonyl (C=O) groups is 4. The molecular weight excluding hydrogens is 456 g/mol. The van der Waals surface area contributed by atoms with Crippen LogP contribution in [0.3, 0.4) is 0 Å². The number of ketones is 1. The van der Waals surface area contributed by atoms with E-state index in [9.17, 15) is 19.2 Å². The summed E-state index contributed by atoms with van der Waals surface area (Å²) in [5.41, 5.74) is 3.17. The Kier molecular flexibility index (Phi) is 5.03. The van der Waals surface area contributed by atoms with Gasteiger partial charge in [0.05, 0.1) is 29.8 Å². The zero-order valence-corrected chi connectivity index (χ0v) is 19.4. The minimum Gasteiger partial charge on any atom is -0.324 e. The molecule has 2 saturated heterocycles. The summed E-state index contributed by atoms with van der Waals surface area (Å²) < 4.78 is 0. The molecule has 0 bridgehead atoms. The summed E-state index contributed by atoms with van der Waals surface area (Å²) in [6.45, 7) is 1.46. The third kappa shape index (κ3) is 3.25. The van der Waals surface area contributed by atoms with Crippen molar-refractivity contribution in [3.8, 4) is 0 Å². The van der Waals surface area contributed by atoms with Crippen molar-refractivity contribution in [1.29, 1.82) is 0 Å². The summed E-state index contributed by atoms with van der Waals surface area (Å²) in [6.07, 6.45) is 1.67. The summed E-state index contributed by atoms with van der Waals surface area (Å²) in [4.78, 5) is 54.1. The highest BCUT2D eigenvalue weighted by atomic mass is 16.2. The number of fused-ring (bicyclic) bond motifs is 5. The van der Waals surface area contributed by atoms with Crippen molar-refractivity contribution in [3.05, 3.63) is 95.6 Å². The Bertz CT molecular complexity index is 1430. The van der Waals surface area contributed by atoms with Crippen LogP contribution in [0.5, 0.6) is 0 Å². The average molecular weight is 479 g/mol. The first kappa shape index (κ1) is 21.9. The minimum absolute atomic E-state index is 0.109. The lowest BCUT2D eigenvalue weighted by Gasteiger charge is -2.33. The molecule has 4 atom stereocenters. The minimum atomic E-state index is -0.970. The van der Waals surface area contributed by atoms with Crippen molar-refractivity contribution < 1.29 is 19.2 Å². The number of hydrogen-bond donors (Lipinski definition) is 1. The maximum Gasteiger partial charge on any atom is 0.249 e. The third-order valence-electron chi connectivity index (χ3n) is 7.14. The van der Waals surface area contributed by atoms with Crippen LogP contribution >= 0.6 is 0 Å². The number of rotatable bonds is 4. The van der Waals surface area contributed by atoms with Crippen LogP contribution in [0, 0.1) is 11.8 Å². The summed E-state index contributed by atoms with van der Waals surface area (Å²) in [5, 5.41) is 9.05. The number of anilines is 2. The van der Waals surface area contributed by atoms with E-state index in [0.29, 0.717) is 16.9 Å². The number of hydrogen-bond acceptors (Lipinski definition) is 6. The van der Waals surface area contributed by atoms with E-state index < -0.39 is 35.7 Å². The second-order valence-electron chi connectivity index (χ2n) is 9.16. The molecule has 8 heteroatoms. The maximum atomic E-state index is 13.8. The Balaban J connectivity index is 1.43. The average Bonchev–Trinajstić information content (AvgIpc) is 3.37. The third-order valence-corrected chi connectivity index (χ3v) is 7.14. The fraction of sp³-hybridized carbons (Fsp3) is 0.179. The molecule has 3 aliphatic rings.